The Kier molecular flexibility index (Phi) is 5.66. The minimum absolute atomic E-state index is 0.129. The molecule has 0 saturated heterocycles. The van der Waals surface area contributed by atoms with Gasteiger partial charge in [0.2, 0.25) is 0 Å². The highest BCUT2D eigenvalue weighted by Gasteiger charge is 2.14. The highest BCUT2D eigenvalue weighted by Crippen LogP contribution is 2.22. The van der Waals surface area contributed by atoms with Gasteiger partial charge < -0.3 is 0 Å². The van der Waals surface area contributed by atoms with Crippen LogP contribution in [0.1, 0.15) is 24.7 Å². The molecular weight excluding hydrogens is 391 g/mol. The monoisotopic (exact) mass is 410 g/mol. The van der Waals surface area contributed by atoms with Crippen molar-refractivity contribution in [3.05, 3.63) is 76.1 Å². The van der Waals surface area contributed by atoms with E-state index < -0.39 is 0 Å². The van der Waals surface area contributed by atoms with Gasteiger partial charge in [-0.3, -0.25) is 9.36 Å². The Labute approximate surface area is 170 Å². The van der Waals surface area contributed by atoms with Gasteiger partial charge in [0.25, 0.3) is 5.56 Å². The Balaban J connectivity index is 1.71. The summed E-state index contributed by atoms with van der Waals surface area (Å²) in [6.07, 6.45) is 0.923. The number of hydrogen-bond donors (Lipinski definition) is 0. The number of para-hydroxylation sites is 1. The number of benzene rings is 2. The van der Waals surface area contributed by atoms with Gasteiger partial charge in [-0.15, -0.1) is 5.10 Å². The third kappa shape index (κ3) is 4.19. The summed E-state index contributed by atoms with van der Waals surface area (Å²) >= 11 is 1.41. The van der Waals surface area contributed by atoms with E-state index in [9.17, 15) is 9.18 Å². The molecule has 4 aromatic rings. The molecular formula is C20H19FN6OS. The average Bonchev–Trinajstić information content (AvgIpc) is 3.18. The number of thioether (sulfide) groups is 1. The molecule has 0 bridgehead atoms. The predicted molar refractivity (Wildman–Crippen MR) is 109 cm³/mol. The minimum atomic E-state index is -0.310. The van der Waals surface area contributed by atoms with Gasteiger partial charge in [-0.2, -0.15) is 0 Å². The molecule has 0 unspecified atom stereocenters. The second-order valence-corrected chi connectivity index (χ2v) is 7.48. The van der Waals surface area contributed by atoms with Gasteiger partial charge >= 0.3 is 0 Å². The third-order valence-electron chi connectivity index (χ3n) is 4.45. The zero-order chi connectivity index (χ0) is 20.2. The van der Waals surface area contributed by atoms with Crippen LogP contribution in [-0.2, 0) is 18.8 Å². The van der Waals surface area contributed by atoms with Gasteiger partial charge in [0.1, 0.15) is 5.82 Å². The molecule has 0 aliphatic rings. The molecule has 0 saturated carbocycles. The van der Waals surface area contributed by atoms with E-state index in [1.165, 1.54) is 23.9 Å². The van der Waals surface area contributed by atoms with E-state index in [4.69, 9.17) is 4.98 Å². The smallest absolute Gasteiger partial charge is 0.262 e. The Morgan fingerprint density at radius 1 is 1.10 bits per heavy atom. The number of rotatable bonds is 7. The molecule has 0 spiro atoms. The lowest BCUT2D eigenvalue weighted by atomic mass is 10.2. The van der Waals surface area contributed by atoms with E-state index >= 15 is 0 Å². The van der Waals surface area contributed by atoms with Gasteiger partial charge in [0, 0.05) is 6.54 Å². The summed E-state index contributed by atoms with van der Waals surface area (Å²) in [4.78, 5) is 17.8. The lowest BCUT2D eigenvalue weighted by molar-refractivity contribution is 0.564. The first-order valence-electron chi connectivity index (χ1n) is 9.27. The number of fused-ring (bicyclic) bond motifs is 1. The molecule has 7 nitrogen and oxygen atoms in total. The maximum atomic E-state index is 13.3. The van der Waals surface area contributed by atoms with E-state index in [1.54, 1.807) is 27.4 Å². The van der Waals surface area contributed by atoms with Crippen LogP contribution in [0, 0.1) is 5.82 Å². The van der Waals surface area contributed by atoms with Gasteiger partial charge in [0.15, 0.2) is 11.0 Å². The fraction of sp³-hybridized carbons (Fsp3) is 0.250. The van der Waals surface area contributed by atoms with Crippen molar-refractivity contribution in [1.29, 1.82) is 0 Å². The summed E-state index contributed by atoms with van der Waals surface area (Å²) in [5.74, 6) is 0.906. The van der Waals surface area contributed by atoms with E-state index in [1.807, 2.05) is 18.2 Å². The van der Waals surface area contributed by atoms with E-state index in [0.717, 1.165) is 24.4 Å². The molecule has 29 heavy (non-hydrogen) atoms. The molecule has 0 radical (unpaired) electrons. The summed E-state index contributed by atoms with van der Waals surface area (Å²) in [5.41, 5.74) is 1.34. The van der Waals surface area contributed by atoms with Gasteiger partial charge in [-0.05, 0) is 46.7 Å². The van der Waals surface area contributed by atoms with Crippen molar-refractivity contribution in [3.8, 4) is 0 Å². The van der Waals surface area contributed by atoms with E-state index in [-0.39, 0.29) is 11.4 Å². The molecule has 0 amide bonds. The van der Waals surface area contributed by atoms with Crippen molar-refractivity contribution in [3.63, 3.8) is 0 Å². The van der Waals surface area contributed by atoms with Crippen LogP contribution in [0.3, 0.4) is 0 Å². The molecule has 148 valence electrons. The summed E-state index contributed by atoms with van der Waals surface area (Å²) in [7, 11) is 0. The maximum Gasteiger partial charge on any atom is 0.262 e. The van der Waals surface area contributed by atoms with Crippen molar-refractivity contribution in [1.82, 2.24) is 29.8 Å². The SMILES string of the molecule is CCCn1nnnc1CSc1nc2ccccc2c(=O)n1Cc1ccc(F)cc1. The number of nitrogens with zero attached hydrogens (tertiary/aromatic N) is 6. The van der Waals surface area contributed by atoms with Crippen LogP contribution in [0.5, 0.6) is 0 Å². The Morgan fingerprint density at radius 2 is 1.90 bits per heavy atom. The first kappa shape index (κ1) is 19.3. The van der Waals surface area contributed by atoms with Crippen molar-refractivity contribution in [2.45, 2.75) is 37.3 Å². The zero-order valence-corrected chi connectivity index (χ0v) is 16.6. The van der Waals surface area contributed by atoms with Crippen LogP contribution in [0.2, 0.25) is 0 Å². The summed E-state index contributed by atoms with van der Waals surface area (Å²) in [6.45, 7) is 3.10. The quantitative estimate of drug-likeness (QED) is 0.344. The lowest BCUT2D eigenvalue weighted by Crippen LogP contribution is -2.24. The second-order valence-electron chi connectivity index (χ2n) is 6.54. The Morgan fingerprint density at radius 3 is 2.69 bits per heavy atom. The molecule has 0 aliphatic heterocycles. The third-order valence-corrected chi connectivity index (χ3v) is 5.42. The molecule has 0 N–H and O–H groups in total. The molecule has 0 atom stereocenters. The summed E-state index contributed by atoms with van der Waals surface area (Å²) < 4.78 is 16.6. The average molecular weight is 410 g/mol. The summed E-state index contributed by atoms with van der Waals surface area (Å²) in [5, 5.41) is 13.0. The van der Waals surface area contributed by atoms with Gasteiger partial charge in [0.05, 0.1) is 23.2 Å². The fourth-order valence-electron chi connectivity index (χ4n) is 3.01. The van der Waals surface area contributed by atoms with E-state index in [2.05, 4.69) is 22.4 Å². The molecule has 0 fully saturated rings. The number of hydrogen-bond acceptors (Lipinski definition) is 6. The molecule has 0 aliphatic carbocycles. The van der Waals surface area contributed by atoms with Crippen LogP contribution in [0.15, 0.2) is 58.5 Å². The van der Waals surface area contributed by atoms with Crippen molar-refractivity contribution in [2.75, 3.05) is 0 Å². The number of aromatic nitrogens is 6. The minimum Gasteiger partial charge on any atom is -0.283 e. The molecule has 4 rings (SSSR count). The number of tetrazole rings is 1. The van der Waals surface area contributed by atoms with Crippen molar-refractivity contribution >= 4 is 22.7 Å². The first-order valence-corrected chi connectivity index (χ1v) is 10.3. The zero-order valence-electron chi connectivity index (χ0n) is 15.8. The van der Waals surface area contributed by atoms with Crippen molar-refractivity contribution in [2.24, 2.45) is 0 Å². The Bertz CT molecular complexity index is 1190. The van der Waals surface area contributed by atoms with Gasteiger partial charge in [-0.25, -0.2) is 14.1 Å². The number of halogens is 1. The fourth-order valence-corrected chi connectivity index (χ4v) is 3.94. The van der Waals surface area contributed by atoms with E-state index in [0.29, 0.717) is 28.4 Å². The topological polar surface area (TPSA) is 78.5 Å². The first-order chi connectivity index (χ1) is 14.2. The molecule has 2 heterocycles. The maximum absolute atomic E-state index is 13.3. The predicted octanol–water partition coefficient (Wildman–Crippen LogP) is 3.27. The second kappa shape index (κ2) is 8.52. The normalized spacial score (nSPS) is 11.2. The lowest BCUT2D eigenvalue weighted by Gasteiger charge is -2.13. The largest absolute Gasteiger partial charge is 0.283 e. The van der Waals surface area contributed by atoms with Crippen molar-refractivity contribution < 1.29 is 4.39 Å². The van der Waals surface area contributed by atoms with Crippen LogP contribution >= 0.6 is 11.8 Å². The van der Waals surface area contributed by atoms with Crippen LogP contribution in [0.4, 0.5) is 4.39 Å². The molecule has 9 heteroatoms. The highest BCUT2D eigenvalue weighted by atomic mass is 32.2. The standard InChI is InChI=1S/C20H19FN6OS/c1-2-11-27-18(23-24-25-27)13-29-20-22-17-6-4-3-5-16(17)19(28)26(20)12-14-7-9-15(21)10-8-14/h3-10H,2,11-13H2,1H3. The van der Waals surface area contributed by atoms with Gasteiger partial charge in [-0.1, -0.05) is 43.0 Å². The summed E-state index contributed by atoms with van der Waals surface area (Å²) in [6, 6.07) is 13.4. The Hall–Kier alpha value is -3.07. The number of aryl methyl sites for hydroxylation is 1. The molecule has 2 aromatic heterocycles. The van der Waals surface area contributed by atoms with Crippen LogP contribution in [-0.4, -0.2) is 29.8 Å². The highest BCUT2D eigenvalue weighted by molar-refractivity contribution is 7.98. The van der Waals surface area contributed by atoms with Crippen LogP contribution in [0.25, 0.3) is 10.9 Å². The molecule has 2 aromatic carbocycles. The van der Waals surface area contributed by atoms with Crippen LogP contribution < -0.4 is 5.56 Å².